The minimum Gasteiger partial charge on any atom is -0.354 e. The van der Waals surface area contributed by atoms with E-state index in [9.17, 15) is 10.1 Å². The van der Waals surface area contributed by atoms with Gasteiger partial charge in [-0.05, 0) is 50.3 Å². The van der Waals surface area contributed by atoms with E-state index in [1.54, 1.807) is 35.6 Å². The van der Waals surface area contributed by atoms with Crippen LogP contribution in [0.5, 0.6) is 0 Å². The molecular weight excluding hydrogens is 446 g/mol. The molecule has 8 nitrogen and oxygen atoms in total. The van der Waals surface area contributed by atoms with Crippen molar-refractivity contribution in [1.82, 2.24) is 29.7 Å². The molecule has 1 fully saturated rings. The van der Waals surface area contributed by atoms with Gasteiger partial charge in [-0.2, -0.15) is 15.5 Å². The lowest BCUT2D eigenvalue weighted by molar-refractivity contribution is -0.119. The molecule has 0 spiro atoms. The first-order valence-electron chi connectivity index (χ1n) is 11.3. The van der Waals surface area contributed by atoms with E-state index in [1.807, 2.05) is 36.1 Å². The van der Waals surface area contributed by atoms with E-state index in [1.165, 1.54) is 0 Å². The molecule has 34 heavy (non-hydrogen) atoms. The fourth-order valence-corrected chi connectivity index (χ4v) is 5.58. The lowest BCUT2D eigenvalue weighted by Crippen LogP contribution is -2.36. The molecule has 4 aromatic heterocycles. The van der Waals surface area contributed by atoms with Crippen LogP contribution in [-0.2, 0) is 4.79 Å². The second kappa shape index (κ2) is 9.31. The summed E-state index contributed by atoms with van der Waals surface area (Å²) in [6, 6.07) is 8.87. The normalized spacial score (nSPS) is 18.0. The number of nitrogens with one attached hydrogen (secondary N) is 1. The van der Waals surface area contributed by atoms with Gasteiger partial charge in [0.15, 0.2) is 0 Å². The predicted octanol–water partition coefficient (Wildman–Crippen LogP) is 4.54. The maximum Gasteiger partial charge on any atom is 0.217 e. The third-order valence-electron chi connectivity index (χ3n) is 6.28. The quantitative estimate of drug-likeness (QED) is 0.458. The van der Waals surface area contributed by atoms with Crippen molar-refractivity contribution >= 4 is 23.2 Å². The molecule has 0 atom stereocenters. The van der Waals surface area contributed by atoms with Crippen molar-refractivity contribution in [1.29, 1.82) is 5.26 Å². The average molecular weight is 472 g/mol. The van der Waals surface area contributed by atoms with Crippen LogP contribution < -0.4 is 5.32 Å². The van der Waals surface area contributed by atoms with Crippen LogP contribution in [0, 0.1) is 18.3 Å². The number of aryl methyl sites for hydroxylation is 1. The Balaban J connectivity index is 1.45. The predicted molar refractivity (Wildman–Crippen MR) is 129 cm³/mol. The first-order chi connectivity index (χ1) is 16.5. The van der Waals surface area contributed by atoms with Gasteiger partial charge >= 0.3 is 0 Å². The Hall–Kier alpha value is -3.64. The minimum absolute atomic E-state index is 0.0352. The Labute approximate surface area is 202 Å². The minimum atomic E-state index is 0.0352. The van der Waals surface area contributed by atoms with Gasteiger partial charge in [-0.1, -0.05) is 17.8 Å². The first kappa shape index (κ1) is 22.2. The Morgan fingerprint density at radius 1 is 1.18 bits per heavy atom. The molecule has 172 valence electrons. The van der Waals surface area contributed by atoms with Gasteiger partial charge in [0, 0.05) is 47.6 Å². The zero-order valence-corrected chi connectivity index (χ0v) is 19.9. The largest absolute Gasteiger partial charge is 0.354 e. The van der Waals surface area contributed by atoms with Gasteiger partial charge in [-0.15, -0.1) is 0 Å². The van der Waals surface area contributed by atoms with Crippen LogP contribution in [0.15, 0.2) is 59.1 Å². The molecule has 1 N–H and O–H groups in total. The molecule has 0 aromatic carbocycles. The Bertz CT molecular complexity index is 1390. The SMILES string of the molecule is CC(=O)N[C@H]1CC[C@@H](n2cc(-c3cc(Sc4ncccc4C)c4c(C#N)cnn4c3)cn2)CC1. The Kier molecular flexibility index (Phi) is 6.07. The topological polar surface area (TPSA) is 101 Å². The average Bonchev–Trinajstić information content (AvgIpc) is 3.48. The fraction of sp³-hybridized carbons (Fsp3) is 0.320. The number of hydrogen-bond acceptors (Lipinski definition) is 6. The molecule has 0 aliphatic heterocycles. The lowest BCUT2D eigenvalue weighted by Gasteiger charge is -2.28. The fourth-order valence-electron chi connectivity index (χ4n) is 4.54. The standard InChI is InChI=1S/C25H25N7OS/c1-16-4-3-9-27-25(16)34-23-10-18(14-32-24(23)19(11-26)12-29-32)20-13-28-31(15-20)22-7-5-21(6-8-22)30-17(2)33/h3-4,9-10,12-15,21-22H,5-8H2,1-2H3,(H,30,33)/t21-,22+. The summed E-state index contributed by atoms with van der Waals surface area (Å²) in [4.78, 5) is 16.8. The summed E-state index contributed by atoms with van der Waals surface area (Å²) in [6.45, 7) is 3.60. The van der Waals surface area contributed by atoms with Gasteiger partial charge < -0.3 is 5.32 Å². The number of fused-ring (bicyclic) bond motifs is 1. The van der Waals surface area contributed by atoms with E-state index in [-0.39, 0.29) is 11.9 Å². The second-order valence-electron chi connectivity index (χ2n) is 8.70. The van der Waals surface area contributed by atoms with E-state index in [4.69, 9.17) is 0 Å². The third kappa shape index (κ3) is 4.41. The molecule has 4 aromatic rings. The van der Waals surface area contributed by atoms with Gasteiger partial charge in [0.1, 0.15) is 11.1 Å². The molecule has 1 aliphatic carbocycles. The summed E-state index contributed by atoms with van der Waals surface area (Å²) in [5, 5.41) is 22.6. The van der Waals surface area contributed by atoms with Crippen molar-refractivity contribution in [3.63, 3.8) is 0 Å². The summed E-state index contributed by atoms with van der Waals surface area (Å²) in [5.74, 6) is 0.0352. The number of rotatable bonds is 5. The number of nitriles is 1. The number of nitrogens with zero attached hydrogens (tertiary/aromatic N) is 6. The van der Waals surface area contributed by atoms with Crippen LogP contribution in [0.2, 0.25) is 0 Å². The zero-order chi connectivity index (χ0) is 23.7. The van der Waals surface area contributed by atoms with E-state index >= 15 is 0 Å². The Morgan fingerprint density at radius 2 is 2.00 bits per heavy atom. The van der Waals surface area contributed by atoms with Gasteiger partial charge in [-0.3, -0.25) is 9.48 Å². The van der Waals surface area contributed by atoms with Crippen molar-refractivity contribution < 1.29 is 4.79 Å². The number of hydrogen-bond donors (Lipinski definition) is 1. The van der Waals surface area contributed by atoms with Crippen molar-refractivity contribution in [2.75, 3.05) is 0 Å². The number of amides is 1. The van der Waals surface area contributed by atoms with Gasteiger partial charge in [0.05, 0.1) is 29.5 Å². The van der Waals surface area contributed by atoms with Gasteiger partial charge in [0.25, 0.3) is 0 Å². The molecule has 0 unspecified atom stereocenters. The molecule has 4 heterocycles. The van der Waals surface area contributed by atoms with Crippen molar-refractivity contribution in [2.45, 2.75) is 61.5 Å². The molecule has 0 saturated heterocycles. The molecule has 5 rings (SSSR count). The molecule has 1 aliphatic rings. The summed E-state index contributed by atoms with van der Waals surface area (Å²) in [7, 11) is 0. The van der Waals surface area contributed by atoms with E-state index in [0.717, 1.165) is 57.8 Å². The van der Waals surface area contributed by atoms with Gasteiger partial charge in [0.2, 0.25) is 5.91 Å². The Morgan fingerprint density at radius 3 is 2.74 bits per heavy atom. The molecule has 0 bridgehead atoms. The van der Waals surface area contributed by atoms with Crippen molar-refractivity contribution in [2.24, 2.45) is 0 Å². The van der Waals surface area contributed by atoms with Crippen molar-refractivity contribution in [3.8, 4) is 17.2 Å². The maximum absolute atomic E-state index is 11.3. The maximum atomic E-state index is 11.3. The van der Waals surface area contributed by atoms with Crippen molar-refractivity contribution in [3.05, 3.63) is 60.3 Å². The number of pyridine rings is 2. The van der Waals surface area contributed by atoms with E-state index < -0.39 is 0 Å². The van der Waals surface area contributed by atoms with E-state index in [2.05, 4.69) is 38.8 Å². The van der Waals surface area contributed by atoms with Crippen LogP contribution in [-0.4, -0.2) is 36.3 Å². The number of carbonyl (C=O) groups excluding carboxylic acids is 1. The molecule has 9 heteroatoms. The lowest BCUT2D eigenvalue weighted by atomic mass is 9.91. The third-order valence-corrected chi connectivity index (χ3v) is 7.43. The highest BCUT2D eigenvalue weighted by Gasteiger charge is 2.24. The molecule has 1 amide bonds. The summed E-state index contributed by atoms with van der Waals surface area (Å²) in [5.41, 5.74) is 4.38. The number of aromatic nitrogens is 5. The summed E-state index contributed by atoms with van der Waals surface area (Å²) >= 11 is 1.54. The summed E-state index contributed by atoms with van der Waals surface area (Å²) < 4.78 is 3.81. The number of carbonyl (C=O) groups is 1. The van der Waals surface area contributed by atoms with Crippen LogP contribution in [0.3, 0.4) is 0 Å². The monoisotopic (exact) mass is 471 g/mol. The molecule has 0 radical (unpaired) electrons. The van der Waals surface area contributed by atoms with Crippen LogP contribution in [0.1, 0.15) is 49.8 Å². The highest BCUT2D eigenvalue weighted by molar-refractivity contribution is 7.99. The highest BCUT2D eigenvalue weighted by atomic mass is 32.2. The first-order valence-corrected chi connectivity index (χ1v) is 12.2. The van der Waals surface area contributed by atoms with Crippen LogP contribution >= 0.6 is 11.8 Å². The van der Waals surface area contributed by atoms with Gasteiger partial charge in [-0.25, -0.2) is 9.50 Å². The van der Waals surface area contributed by atoms with E-state index in [0.29, 0.717) is 11.6 Å². The smallest absolute Gasteiger partial charge is 0.217 e. The highest BCUT2D eigenvalue weighted by Crippen LogP contribution is 2.36. The zero-order valence-electron chi connectivity index (χ0n) is 19.1. The molecular formula is C25H25N7OS. The summed E-state index contributed by atoms with van der Waals surface area (Å²) in [6.07, 6.45) is 13.2. The second-order valence-corrected chi connectivity index (χ2v) is 9.73. The molecule has 1 saturated carbocycles. The van der Waals surface area contributed by atoms with Crippen LogP contribution in [0.25, 0.3) is 16.6 Å². The van der Waals surface area contributed by atoms with Crippen LogP contribution in [0.4, 0.5) is 0 Å².